The van der Waals surface area contributed by atoms with Crippen molar-refractivity contribution in [2.75, 3.05) is 11.9 Å². The van der Waals surface area contributed by atoms with Gasteiger partial charge in [-0.2, -0.15) is 5.10 Å². The molecule has 7 nitrogen and oxygen atoms in total. The molecule has 0 aromatic carbocycles. The van der Waals surface area contributed by atoms with Crippen molar-refractivity contribution in [1.29, 1.82) is 0 Å². The molecule has 0 unspecified atom stereocenters. The van der Waals surface area contributed by atoms with Gasteiger partial charge in [0, 0.05) is 30.6 Å². The van der Waals surface area contributed by atoms with Crippen molar-refractivity contribution in [1.82, 2.24) is 15.1 Å². The molecular formula is C20H32N4O3. The molecular weight excluding hydrogens is 344 g/mol. The van der Waals surface area contributed by atoms with E-state index in [0.717, 1.165) is 17.7 Å². The van der Waals surface area contributed by atoms with Crippen LogP contribution in [0.3, 0.4) is 0 Å². The Labute approximate surface area is 161 Å². The molecule has 0 bridgehead atoms. The quantitative estimate of drug-likeness (QED) is 0.831. The number of aromatic nitrogens is 2. The number of hydrogen-bond acceptors (Lipinski definition) is 4. The maximum atomic E-state index is 12.4. The van der Waals surface area contributed by atoms with Crippen LogP contribution < -0.4 is 5.32 Å². The van der Waals surface area contributed by atoms with Crippen LogP contribution in [0, 0.1) is 5.92 Å². The van der Waals surface area contributed by atoms with Crippen molar-refractivity contribution in [2.24, 2.45) is 5.92 Å². The lowest BCUT2D eigenvalue weighted by atomic mass is 9.86. The first-order chi connectivity index (χ1) is 12.8. The number of carbonyl (C=O) groups is 2. The van der Waals surface area contributed by atoms with Crippen molar-refractivity contribution in [2.45, 2.75) is 84.3 Å². The minimum atomic E-state index is -0.524. The van der Waals surface area contributed by atoms with Crippen molar-refractivity contribution in [3.05, 3.63) is 11.3 Å². The Morgan fingerprint density at radius 1 is 1.26 bits per heavy atom. The number of carbonyl (C=O) groups excluding carboxylic acids is 2. The second-order valence-electron chi connectivity index (χ2n) is 8.77. The van der Waals surface area contributed by atoms with E-state index in [0.29, 0.717) is 37.7 Å². The summed E-state index contributed by atoms with van der Waals surface area (Å²) in [6.45, 7) is 6.56. The van der Waals surface area contributed by atoms with E-state index >= 15 is 0 Å². The fourth-order valence-electron chi connectivity index (χ4n) is 3.89. The number of ether oxygens (including phenoxy) is 1. The fourth-order valence-corrected chi connectivity index (χ4v) is 3.89. The highest BCUT2D eigenvalue weighted by Crippen LogP contribution is 2.28. The highest BCUT2D eigenvalue weighted by atomic mass is 16.6. The van der Waals surface area contributed by atoms with E-state index in [9.17, 15) is 9.59 Å². The molecule has 1 aromatic heterocycles. The summed E-state index contributed by atoms with van der Waals surface area (Å²) in [5.74, 6) is 1.23. The van der Waals surface area contributed by atoms with Gasteiger partial charge in [-0.1, -0.05) is 32.1 Å². The van der Waals surface area contributed by atoms with E-state index in [4.69, 9.17) is 4.74 Å². The lowest BCUT2D eigenvalue weighted by molar-refractivity contribution is -0.116. The van der Waals surface area contributed by atoms with Crippen LogP contribution in [0.1, 0.15) is 77.0 Å². The predicted octanol–water partition coefficient (Wildman–Crippen LogP) is 4.00. The number of anilines is 1. The normalized spacial score (nSPS) is 18.1. The number of hydrogen-bond donors (Lipinski definition) is 2. The standard InChI is InChI=1S/C20H32N4O3/c1-20(2,3)27-19(26)24-12-11-16-15(13-24)18(23-22-16)21-17(25)10-9-14-7-5-4-6-8-14/h14H,4-13H2,1-3H3,(H2,21,22,23,25). The third-order valence-corrected chi connectivity index (χ3v) is 5.35. The Morgan fingerprint density at radius 2 is 2.00 bits per heavy atom. The van der Waals surface area contributed by atoms with Crippen LogP contribution in [0.4, 0.5) is 10.6 Å². The zero-order chi connectivity index (χ0) is 19.4. The SMILES string of the molecule is CC(C)(C)OC(=O)N1CCc2[nH]nc(NC(=O)CCC3CCCCC3)c2C1. The smallest absolute Gasteiger partial charge is 0.410 e. The Balaban J connectivity index is 1.55. The van der Waals surface area contributed by atoms with Gasteiger partial charge in [0.2, 0.25) is 5.91 Å². The molecule has 1 aliphatic heterocycles. The number of H-pyrrole nitrogens is 1. The summed E-state index contributed by atoms with van der Waals surface area (Å²) in [7, 11) is 0. The van der Waals surface area contributed by atoms with Crippen molar-refractivity contribution in [3.63, 3.8) is 0 Å². The van der Waals surface area contributed by atoms with Gasteiger partial charge in [0.15, 0.2) is 5.82 Å². The molecule has 1 saturated carbocycles. The van der Waals surface area contributed by atoms with Gasteiger partial charge in [-0.05, 0) is 33.1 Å². The molecule has 2 heterocycles. The van der Waals surface area contributed by atoms with Crippen LogP contribution in [-0.2, 0) is 22.5 Å². The first-order valence-electron chi connectivity index (χ1n) is 10.2. The van der Waals surface area contributed by atoms with E-state index in [1.807, 2.05) is 20.8 Å². The molecule has 2 aliphatic rings. The Kier molecular flexibility index (Phi) is 6.07. The number of nitrogens with zero attached hydrogens (tertiary/aromatic N) is 2. The average molecular weight is 377 g/mol. The van der Waals surface area contributed by atoms with E-state index in [1.54, 1.807) is 4.90 Å². The molecule has 150 valence electrons. The van der Waals surface area contributed by atoms with Gasteiger partial charge in [-0.3, -0.25) is 9.89 Å². The molecule has 2 N–H and O–H groups in total. The Morgan fingerprint density at radius 3 is 2.70 bits per heavy atom. The van der Waals surface area contributed by atoms with Crippen LogP contribution in [0.25, 0.3) is 0 Å². The van der Waals surface area contributed by atoms with E-state index < -0.39 is 5.60 Å². The summed E-state index contributed by atoms with van der Waals surface area (Å²) in [6, 6.07) is 0. The summed E-state index contributed by atoms with van der Waals surface area (Å²) in [4.78, 5) is 26.4. The first-order valence-corrected chi connectivity index (χ1v) is 10.2. The highest BCUT2D eigenvalue weighted by Gasteiger charge is 2.29. The summed E-state index contributed by atoms with van der Waals surface area (Å²) >= 11 is 0. The van der Waals surface area contributed by atoms with Crippen molar-refractivity contribution in [3.8, 4) is 0 Å². The van der Waals surface area contributed by atoms with Crippen molar-refractivity contribution < 1.29 is 14.3 Å². The lowest BCUT2D eigenvalue weighted by Crippen LogP contribution is -2.40. The number of aromatic amines is 1. The summed E-state index contributed by atoms with van der Waals surface area (Å²) < 4.78 is 5.46. The molecule has 0 atom stereocenters. The Hall–Kier alpha value is -2.05. The molecule has 0 saturated heterocycles. The zero-order valence-electron chi connectivity index (χ0n) is 16.8. The first kappa shape index (κ1) is 19.7. The zero-order valence-corrected chi connectivity index (χ0v) is 16.8. The number of fused-ring (bicyclic) bond motifs is 1. The van der Waals surface area contributed by atoms with Gasteiger partial charge in [0.25, 0.3) is 0 Å². The summed E-state index contributed by atoms with van der Waals surface area (Å²) in [6.07, 6.45) is 8.23. The Bertz CT molecular complexity index is 671. The van der Waals surface area contributed by atoms with E-state index in [-0.39, 0.29) is 12.0 Å². The van der Waals surface area contributed by atoms with Gasteiger partial charge >= 0.3 is 6.09 Å². The minimum Gasteiger partial charge on any atom is -0.444 e. The minimum absolute atomic E-state index is 0.00395. The molecule has 1 fully saturated rings. The number of nitrogens with one attached hydrogen (secondary N) is 2. The van der Waals surface area contributed by atoms with Crippen LogP contribution >= 0.6 is 0 Å². The van der Waals surface area contributed by atoms with Crippen LogP contribution in [0.5, 0.6) is 0 Å². The fraction of sp³-hybridized carbons (Fsp3) is 0.750. The largest absolute Gasteiger partial charge is 0.444 e. The van der Waals surface area contributed by atoms with Gasteiger partial charge in [0.1, 0.15) is 5.60 Å². The third kappa shape index (κ3) is 5.47. The molecule has 3 rings (SSSR count). The number of amides is 2. The van der Waals surface area contributed by atoms with Gasteiger partial charge in [0.05, 0.1) is 6.54 Å². The van der Waals surface area contributed by atoms with E-state index in [1.165, 1.54) is 32.1 Å². The highest BCUT2D eigenvalue weighted by molar-refractivity contribution is 5.90. The van der Waals surface area contributed by atoms with Gasteiger partial charge in [-0.25, -0.2) is 4.79 Å². The third-order valence-electron chi connectivity index (χ3n) is 5.35. The molecule has 1 aliphatic carbocycles. The second-order valence-corrected chi connectivity index (χ2v) is 8.77. The molecule has 0 spiro atoms. The maximum absolute atomic E-state index is 12.4. The number of rotatable bonds is 4. The summed E-state index contributed by atoms with van der Waals surface area (Å²) in [5, 5.41) is 10.2. The average Bonchev–Trinajstić information content (AvgIpc) is 3.01. The topological polar surface area (TPSA) is 87.3 Å². The second kappa shape index (κ2) is 8.31. The molecule has 27 heavy (non-hydrogen) atoms. The molecule has 7 heteroatoms. The monoisotopic (exact) mass is 376 g/mol. The van der Waals surface area contributed by atoms with Gasteiger partial charge < -0.3 is 15.0 Å². The van der Waals surface area contributed by atoms with Crippen LogP contribution in [0.15, 0.2) is 0 Å². The summed E-state index contributed by atoms with van der Waals surface area (Å²) in [5.41, 5.74) is 1.35. The molecule has 0 radical (unpaired) electrons. The van der Waals surface area contributed by atoms with Crippen LogP contribution in [-0.4, -0.2) is 39.2 Å². The molecule has 1 aromatic rings. The lowest BCUT2D eigenvalue weighted by Gasteiger charge is -2.30. The van der Waals surface area contributed by atoms with Gasteiger partial charge in [-0.15, -0.1) is 0 Å². The molecule has 2 amide bonds. The van der Waals surface area contributed by atoms with E-state index in [2.05, 4.69) is 15.5 Å². The van der Waals surface area contributed by atoms with Crippen molar-refractivity contribution >= 4 is 17.8 Å². The van der Waals surface area contributed by atoms with Crippen LogP contribution in [0.2, 0.25) is 0 Å². The predicted molar refractivity (Wildman–Crippen MR) is 103 cm³/mol. The maximum Gasteiger partial charge on any atom is 0.410 e.